The molecule has 0 saturated heterocycles. The van der Waals surface area contributed by atoms with Crippen LogP contribution in [0.5, 0.6) is 11.5 Å². The van der Waals surface area contributed by atoms with Crippen LogP contribution in [0.25, 0.3) is 0 Å². The van der Waals surface area contributed by atoms with Gasteiger partial charge in [0.2, 0.25) is 17.7 Å². The van der Waals surface area contributed by atoms with Crippen LogP contribution in [0.1, 0.15) is 11.1 Å². The summed E-state index contributed by atoms with van der Waals surface area (Å²) in [6, 6.07) is 7.59. The van der Waals surface area contributed by atoms with Crippen molar-refractivity contribution < 1.29 is 39.6 Å². The maximum atomic E-state index is 12.8. The van der Waals surface area contributed by atoms with Gasteiger partial charge in [0.05, 0.1) is 13.2 Å². The van der Waals surface area contributed by atoms with Gasteiger partial charge in [0.1, 0.15) is 29.6 Å². The van der Waals surface area contributed by atoms with E-state index >= 15 is 0 Å². The van der Waals surface area contributed by atoms with Gasteiger partial charge in [-0.1, -0.05) is 24.3 Å². The standard InChI is InChI=1S/C23H28N4O8/c24-11-20(31)25-17(9-13-1-5-15(29)6-2-13)21(32)27-19(12-28)22(33)26-18(23(34)35)10-14-3-7-16(30)8-4-14/h1-8,17-19,28-30H,9-12,24H2,(H,25,31)(H,26,33)(H,27,32)(H,34,35). The molecule has 12 nitrogen and oxygen atoms in total. The number of amides is 3. The Labute approximate surface area is 200 Å². The first-order valence-electron chi connectivity index (χ1n) is 10.6. The lowest BCUT2D eigenvalue weighted by Crippen LogP contribution is -2.58. The number of carbonyl (C=O) groups is 4. The Bertz CT molecular complexity index is 1030. The number of aromatic hydroxyl groups is 2. The molecule has 35 heavy (non-hydrogen) atoms. The van der Waals surface area contributed by atoms with Gasteiger partial charge >= 0.3 is 5.97 Å². The monoisotopic (exact) mass is 488 g/mol. The summed E-state index contributed by atoms with van der Waals surface area (Å²) < 4.78 is 0. The fraction of sp³-hybridized carbons (Fsp3) is 0.304. The average Bonchev–Trinajstić information content (AvgIpc) is 2.83. The zero-order chi connectivity index (χ0) is 26.0. The molecule has 0 spiro atoms. The van der Waals surface area contributed by atoms with E-state index in [1.165, 1.54) is 36.4 Å². The number of aliphatic carboxylic acids is 1. The van der Waals surface area contributed by atoms with E-state index in [1.54, 1.807) is 12.1 Å². The number of carboxylic acid groups (broad SMARTS) is 1. The lowest BCUT2D eigenvalue weighted by Gasteiger charge is -2.23. The largest absolute Gasteiger partial charge is 0.508 e. The van der Waals surface area contributed by atoms with Crippen molar-refractivity contribution in [3.8, 4) is 11.5 Å². The minimum Gasteiger partial charge on any atom is -0.508 e. The molecule has 9 N–H and O–H groups in total. The molecule has 3 unspecified atom stereocenters. The molecule has 0 saturated carbocycles. The molecule has 0 aliphatic carbocycles. The SMILES string of the molecule is NCC(=O)NC(Cc1ccc(O)cc1)C(=O)NC(CO)C(=O)NC(Cc1ccc(O)cc1)C(=O)O. The maximum absolute atomic E-state index is 12.8. The van der Waals surface area contributed by atoms with E-state index in [-0.39, 0.29) is 30.9 Å². The van der Waals surface area contributed by atoms with Crippen LogP contribution in [0.2, 0.25) is 0 Å². The number of aliphatic hydroxyl groups is 1. The fourth-order valence-corrected chi connectivity index (χ4v) is 3.14. The quantitative estimate of drug-likeness (QED) is 0.172. The van der Waals surface area contributed by atoms with Crippen molar-refractivity contribution in [3.63, 3.8) is 0 Å². The Morgan fingerprint density at radius 3 is 1.57 bits per heavy atom. The molecule has 2 aromatic rings. The van der Waals surface area contributed by atoms with E-state index < -0.39 is 48.4 Å². The Balaban J connectivity index is 2.09. The maximum Gasteiger partial charge on any atom is 0.326 e. The molecular weight excluding hydrogens is 460 g/mol. The predicted octanol–water partition coefficient (Wildman–Crippen LogP) is -1.63. The third-order valence-electron chi connectivity index (χ3n) is 5.02. The third-order valence-corrected chi connectivity index (χ3v) is 5.02. The fourth-order valence-electron chi connectivity index (χ4n) is 3.14. The van der Waals surface area contributed by atoms with Crippen LogP contribution < -0.4 is 21.7 Å². The number of hydrogen-bond acceptors (Lipinski definition) is 8. The average molecular weight is 488 g/mol. The van der Waals surface area contributed by atoms with E-state index in [2.05, 4.69) is 16.0 Å². The second kappa shape index (κ2) is 12.9. The first kappa shape index (κ1) is 27.1. The van der Waals surface area contributed by atoms with Crippen LogP contribution in [-0.2, 0) is 32.0 Å². The number of carboxylic acids is 1. The molecule has 12 heteroatoms. The zero-order valence-corrected chi connectivity index (χ0v) is 18.7. The van der Waals surface area contributed by atoms with Crippen LogP contribution in [0, 0.1) is 0 Å². The van der Waals surface area contributed by atoms with Gasteiger partial charge in [-0.15, -0.1) is 0 Å². The normalized spacial score (nSPS) is 13.2. The Kier molecular flexibility index (Phi) is 9.99. The smallest absolute Gasteiger partial charge is 0.326 e. The first-order chi connectivity index (χ1) is 16.6. The zero-order valence-electron chi connectivity index (χ0n) is 18.7. The number of phenolic OH excluding ortho intramolecular Hbond substituents is 2. The summed E-state index contributed by atoms with van der Waals surface area (Å²) in [4.78, 5) is 48.9. The van der Waals surface area contributed by atoms with E-state index in [0.29, 0.717) is 11.1 Å². The molecule has 0 aliphatic heterocycles. The highest BCUT2D eigenvalue weighted by molar-refractivity contribution is 5.93. The number of rotatable bonds is 12. The molecular formula is C23H28N4O8. The molecule has 0 aliphatic rings. The summed E-state index contributed by atoms with van der Waals surface area (Å²) in [5.41, 5.74) is 6.43. The molecule has 3 amide bonds. The van der Waals surface area contributed by atoms with Gasteiger partial charge in [-0.25, -0.2) is 4.79 Å². The molecule has 0 radical (unpaired) electrons. The highest BCUT2D eigenvalue weighted by atomic mass is 16.4. The third kappa shape index (κ3) is 8.61. The van der Waals surface area contributed by atoms with Gasteiger partial charge in [0.15, 0.2) is 0 Å². The van der Waals surface area contributed by atoms with Gasteiger partial charge in [-0.05, 0) is 35.4 Å². The lowest BCUT2D eigenvalue weighted by atomic mass is 10.0. The topological polar surface area (TPSA) is 211 Å². The number of carbonyl (C=O) groups excluding carboxylic acids is 3. The van der Waals surface area contributed by atoms with E-state index in [0.717, 1.165) is 0 Å². The Morgan fingerprint density at radius 1 is 0.714 bits per heavy atom. The van der Waals surface area contributed by atoms with Crippen molar-refractivity contribution in [1.29, 1.82) is 0 Å². The van der Waals surface area contributed by atoms with Gasteiger partial charge < -0.3 is 42.1 Å². The van der Waals surface area contributed by atoms with Gasteiger partial charge in [0.25, 0.3) is 0 Å². The van der Waals surface area contributed by atoms with Crippen LogP contribution >= 0.6 is 0 Å². The minimum absolute atomic E-state index is 0.00342. The molecule has 188 valence electrons. The van der Waals surface area contributed by atoms with Crippen LogP contribution in [-0.4, -0.2) is 75.4 Å². The van der Waals surface area contributed by atoms with E-state index in [1.807, 2.05) is 0 Å². The first-order valence-corrected chi connectivity index (χ1v) is 10.6. The number of hydrogen-bond donors (Lipinski definition) is 8. The van der Waals surface area contributed by atoms with Crippen LogP contribution in [0.3, 0.4) is 0 Å². The summed E-state index contributed by atoms with van der Waals surface area (Å²) >= 11 is 0. The van der Waals surface area contributed by atoms with Crippen LogP contribution in [0.15, 0.2) is 48.5 Å². The second-order valence-electron chi connectivity index (χ2n) is 7.71. The van der Waals surface area contributed by atoms with E-state index in [4.69, 9.17) is 5.73 Å². The highest BCUT2D eigenvalue weighted by Gasteiger charge is 2.29. The second-order valence-corrected chi connectivity index (χ2v) is 7.71. The van der Waals surface area contributed by atoms with Crippen molar-refractivity contribution in [2.24, 2.45) is 5.73 Å². The summed E-state index contributed by atoms with van der Waals surface area (Å²) in [5.74, 6) is -3.71. The highest BCUT2D eigenvalue weighted by Crippen LogP contribution is 2.13. The Morgan fingerprint density at radius 2 is 1.14 bits per heavy atom. The van der Waals surface area contributed by atoms with Crippen molar-refractivity contribution in [3.05, 3.63) is 59.7 Å². The van der Waals surface area contributed by atoms with Crippen molar-refractivity contribution in [1.82, 2.24) is 16.0 Å². The number of benzene rings is 2. The number of phenols is 2. The summed E-state index contributed by atoms with van der Waals surface area (Å²) in [6.07, 6.45) is -0.111. The van der Waals surface area contributed by atoms with Crippen molar-refractivity contribution in [2.45, 2.75) is 31.0 Å². The van der Waals surface area contributed by atoms with Crippen molar-refractivity contribution in [2.75, 3.05) is 13.2 Å². The predicted molar refractivity (Wildman–Crippen MR) is 123 cm³/mol. The minimum atomic E-state index is -1.50. The molecule has 0 heterocycles. The molecule has 3 atom stereocenters. The summed E-state index contributed by atoms with van der Waals surface area (Å²) in [6.45, 7) is -1.22. The van der Waals surface area contributed by atoms with Crippen LogP contribution in [0.4, 0.5) is 0 Å². The van der Waals surface area contributed by atoms with Gasteiger partial charge in [-0.3, -0.25) is 14.4 Å². The molecule has 0 fully saturated rings. The van der Waals surface area contributed by atoms with Gasteiger partial charge in [0, 0.05) is 12.8 Å². The summed E-state index contributed by atoms with van der Waals surface area (Å²) in [5, 5.41) is 44.9. The number of nitrogens with one attached hydrogen (secondary N) is 3. The molecule has 0 aromatic heterocycles. The van der Waals surface area contributed by atoms with E-state index in [9.17, 15) is 39.6 Å². The molecule has 0 bridgehead atoms. The molecule has 2 rings (SSSR count). The van der Waals surface area contributed by atoms with Gasteiger partial charge in [-0.2, -0.15) is 0 Å². The summed E-state index contributed by atoms with van der Waals surface area (Å²) in [7, 11) is 0. The Hall–Kier alpha value is -4.16. The number of aliphatic hydroxyl groups excluding tert-OH is 1. The van der Waals surface area contributed by atoms with Crippen molar-refractivity contribution >= 4 is 23.7 Å². The molecule has 2 aromatic carbocycles. The lowest BCUT2D eigenvalue weighted by molar-refractivity contribution is -0.142. The number of nitrogens with two attached hydrogens (primary N) is 1.